The lowest BCUT2D eigenvalue weighted by Gasteiger charge is -2.22. The number of pyridine rings is 1. The highest BCUT2D eigenvalue weighted by Gasteiger charge is 2.27. The monoisotopic (exact) mass is 220 g/mol. The summed E-state index contributed by atoms with van der Waals surface area (Å²) in [7, 11) is 0. The molecule has 3 heteroatoms. The van der Waals surface area contributed by atoms with Crippen LogP contribution < -0.4 is 0 Å². The third kappa shape index (κ3) is 2.38. The maximum atomic E-state index is 13.6. The van der Waals surface area contributed by atoms with Crippen LogP contribution in [0, 0.1) is 17.1 Å². The van der Waals surface area contributed by atoms with Crippen molar-refractivity contribution in [2.45, 2.75) is 45.4 Å². The molecule has 0 saturated heterocycles. The quantitative estimate of drug-likeness (QED) is 0.728. The Kier molecular flexibility index (Phi) is 3.05. The van der Waals surface area contributed by atoms with Crippen molar-refractivity contribution in [2.75, 3.05) is 0 Å². The minimum atomic E-state index is -0.897. The summed E-state index contributed by atoms with van der Waals surface area (Å²) < 4.78 is 13.6. The summed E-state index contributed by atoms with van der Waals surface area (Å²) in [6.45, 7) is 9.37. The van der Waals surface area contributed by atoms with Gasteiger partial charge in [0.25, 0.3) is 0 Å². The zero-order valence-electron chi connectivity index (χ0n) is 10.4. The van der Waals surface area contributed by atoms with Gasteiger partial charge in [0.1, 0.15) is 5.82 Å². The van der Waals surface area contributed by atoms with Crippen LogP contribution in [0.1, 0.15) is 46.0 Å². The second kappa shape index (κ2) is 3.86. The third-order valence-electron chi connectivity index (χ3n) is 2.49. The van der Waals surface area contributed by atoms with Gasteiger partial charge in [0.15, 0.2) is 0 Å². The van der Waals surface area contributed by atoms with Crippen molar-refractivity contribution >= 4 is 0 Å². The van der Waals surface area contributed by atoms with Gasteiger partial charge < -0.3 is 0 Å². The Bertz CT molecular complexity index is 436. The van der Waals surface area contributed by atoms with E-state index in [1.807, 2.05) is 20.8 Å². The van der Waals surface area contributed by atoms with Gasteiger partial charge in [-0.3, -0.25) is 4.98 Å². The number of nitrogens with zero attached hydrogens (tertiary/aromatic N) is 2. The molecular weight excluding hydrogens is 203 g/mol. The van der Waals surface area contributed by atoms with Gasteiger partial charge in [0, 0.05) is 11.1 Å². The van der Waals surface area contributed by atoms with Crippen LogP contribution in [0.4, 0.5) is 4.39 Å². The van der Waals surface area contributed by atoms with Gasteiger partial charge in [0.2, 0.25) is 0 Å². The zero-order chi connectivity index (χ0) is 12.6. The standard InChI is InChI=1S/C13H17FN2/c1-12(2,3)10-7-6-9(14)11(16-10)13(4,5)8-15/h6-7H,1-5H3. The minimum Gasteiger partial charge on any atom is -0.253 e. The summed E-state index contributed by atoms with van der Waals surface area (Å²) in [6.07, 6.45) is 0. The van der Waals surface area contributed by atoms with Crippen molar-refractivity contribution in [3.05, 3.63) is 29.3 Å². The lowest BCUT2D eigenvalue weighted by molar-refractivity contribution is 0.515. The maximum absolute atomic E-state index is 13.6. The Morgan fingerprint density at radius 2 is 1.75 bits per heavy atom. The molecule has 0 aromatic carbocycles. The number of halogens is 1. The molecule has 0 atom stereocenters. The van der Waals surface area contributed by atoms with E-state index in [0.29, 0.717) is 0 Å². The first-order chi connectivity index (χ1) is 7.18. The Hall–Kier alpha value is -1.43. The van der Waals surface area contributed by atoms with E-state index in [1.54, 1.807) is 19.9 Å². The molecule has 0 radical (unpaired) electrons. The van der Waals surface area contributed by atoms with Crippen molar-refractivity contribution in [1.82, 2.24) is 4.98 Å². The fraction of sp³-hybridized carbons (Fsp3) is 0.538. The number of rotatable bonds is 1. The van der Waals surface area contributed by atoms with E-state index in [1.165, 1.54) is 6.07 Å². The molecule has 0 fully saturated rings. The molecule has 0 N–H and O–H groups in total. The summed E-state index contributed by atoms with van der Waals surface area (Å²) in [5.74, 6) is -0.417. The van der Waals surface area contributed by atoms with Crippen LogP contribution in [0.2, 0.25) is 0 Å². The molecule has 1 aromatic rings. The van der Waals surface area contributed by atoms with Crippen LogP contribution in [-0.4, -0.2) is 4.98 Å². The van der Waals surface area contributed by atoms with E-state index in [0.717, 1.165) is 5.69 Å². The van der Waals surface area contributed by atoms with Crippen LogP contribution in [-0.2, 0) is 10.8 Å². The molecule has 0 bridgehead atoms. The van der Waals surface area contributed by atoms with Gasteiger partial charge in [-0.05, 0) is 26.0 Å². The van der Waals surface area contributed by atoms with Crippen molar-refractivity contribution in [1.29, 1.82) is 5.26 Å². The molecule has 0 aliphatic heterocycles. The SMILES string of the molecule is CC(C)(C)c1ccc(F)c(C(C)(C)C#N)n1. The number of aromatic nitrogens is 1. The molecule has 1 rings (SSSR count). The average Bonchev–Trinajstić information content (AvgIpc) is 2.16. The molecule has 2 nitrogen and oxygen atoms in total. The Labute approximate surface area is 96.1 Å². The van der Waals surface area contributed by atoms with E-state index >= 15 is 0 Å². The van der Waals surface area contributed by atoms with E-state index in [4.69, 9.17) is 5.26 Å². The van der Waals surface area contributed by atoms with Crippen LogP contribution in [0.5, 0.6) is 0 Å². The fourth-order valence-corrected chi connectivity index (χ4v) is 1.35. The molecular formula is C13H17FN2. The van der Waals surface area contributed by atoms with Crippen LogP contribution in [0.15, 0.2) is 12.1 Å². The van der Waals surface area contributed by atoms with Crippen LogP contribution in [0.25, 0.3) is 0 Å². The third-order valence-corrected chi connectivity index (χ3v) is 2.49. The Balaban J connectivity index is 3.37. The molecule has 16 heavy (non-hydrogen) atoms. The summed E-state index contributed by atoms with van der Waals surface area (Å²) in [4.78, 5) is 4.29. The molecule has 0 spiro atoms. The first kappa shape index (κ1) is 12.6. The second-order valence-electron chi connectivity index (χ2n) is 5.51. The summed E-state index contributed by atoms with van der Waals surface area (Å²) in [5.41, 5.74) is -0.0195. The highest BCUT2D eigenvalue weighted by molar-refractivity contribution is 5.28. The van der Waals surface area contributed by atoms with Crippen molar-refractivity contribution in [2.24, 2.45) is 0 Å². The van der Waals surface area contributed by atoms with Crippen molar-refractivity contribution in [3.63, 3.8) is 0 Å². The topological polar surface area (TPSA) is 36.7 Å². The Morgan fingerprint density at radius 3 is 2.19 bits per heavy atom. The first-order valence-electron chi connectivity index (χ1n) is 5.27. The summed E-state index contributed by atoms with van der Waals surface area (Å²) in [6, 6.07) is 5.14. The predicted molar refractivity (Wildman–Crippen MR) is 61.5 cm³/mol. The highest BCUT2D eigenvalue weighted by atomic mass is 19.1. The molecule has 0 saturated carbocycles. The van der Waals surface area contributed by atoms with Gasteiger partial charge in [0.05, 0.1) is 17.2 Å². The molecule has 86 valence electrons. The largest absolute Gasteiger partial charge is 0.253 e. The maximum Gasteiger partial charge on any atom is 0.146 e. The van der Waals surface area contributed by atoms with E-state index in [2.05, 4.69) is 11.1 Å². The summed E-state index contributed by atoms with van der Waals surface area (Å²) in [5, 5.41) is 9.01. The zero-order valence-corrected chi connectivity index (χ0v) is 10.4. The Morgan fingerprint density at radius 1 is 1.19 bits per heavy atom. The molecule has 1 aromatic heterocycles. The number of hydrogen-bond donors (Lipinski definition) is 0. The van der Waals surface area contributed by atoms with Crippen molar-refractivity contribution in [3.8, 4) is 6.07 Å². The van der Waals surface area contributed by atoms with E-state index in [-0.39, 0.29) is 11.1 Å². The summed E-state index contributed by atoms with van der Waals surface area (Å²) >= 11 is 0. The van der Waals surface area contributed by atoms with Gasteiger partial charge in [-0.15, -0.1) is 0 Å². The lowest BCUT2D eigenvalue weighted by Crippen LogP contribution is -2.22. The van der Waals surface area contributed by atoms with Crippen LogP contribution in [0.3, 0.4) is 0 Å². The molecule has 0 aliphatic carbocycles. The molecule has 0 amide bonds. The highest BCUT2D eigenvalue weighted by Crippen LogP contribution is 2.27. The van der Waals surface area contributed by atoms with Crippen molar-refractivity contribution < 1.29 is 4.39 Å². The second-order valence-corrected chi connectivity index (χ2v) is 5.51. The average molecular weight is 220 g/mol. The molecule has 0 aliphatic rings. The van der Waals surface area contributed by atoms with Gasteiger partial charge in [-0.25, -0.2) is 4.39 Å². The van der Waals surface area contributed by atoms with E-state index < -0.39 is 11.2 Å². The molecule has 1 heterocycles. The fourth-order valence-electron chi connectivity index (χ4n) is 1.35. The van der Waals surface area contributed by atoms with Gasteiger partial charge in [-0.1, -0.05) is 20.8 Å². The van der Waals surface area contributed by atoms with Crippen LogP contribution >= 0.6 is 0 Å². The first-order valence-corrected chi connectivity index (χ1v) is 5.27. The van der Waals surface area contributed by atoms with Gasteiger partial charge >= 0.3 is 0 Å². The minimum absolute atomic E-state index is 0.145. The number of nitriles is 1. The van der Waals surface area contributed by atoms with Gasteiger partial charge in [-0.2, -0.15) is 5.26 Å². The predicted octanol–water partition coefficient (Wildman–Crippen LogP) is 3.32. The van der Waals surface area contributed by atoms with E-state index in [9.17, 15) is 4.39 Å². The normalized spacial score (nSPS) is 12.3. The lowest BCUT2D eigenvalue weighted by atomic mass is 9.87. The molecule has 0 unspecified atom stereocenters. The number of hydrogen-bond acceptors (Lipinski definition) is 2. The smallest absolute Gasteiger partial charge is 0.146 e.